The standard InChI is InChI=1S/C20H17ClFN3O2/c1-12(13-4-8-17(22)9-5-13)25-11-15(10-18(25)26)20-23-19(24-27-20)14-2-6-16(21)7-3-14/h2-9,12,15H,10-11H2,1H3. The maximum absolute atomic E-state index is 13.1. The van der Waals surface area contributed by atoms with Crippen molar-refractivity contribution in [1.29, 1.82) is 0 Å². The second kappa shape index (κ2) is 7.12. The van der Waals surface area contributed by atoms with Gasteiger partial charge in [-0.25, -0.2) is 4.39 Å². The number of carbonyl (C=O) groups is 1. The topological polar surface area (TPSA) is 59.2 Å². The summed E-state index contributed by atoms with van der Waals surface area (Å²) in [7, 11) is 0. The highest BCUT2D eigenvalue weighted by Crippen LogP contribution is 2.34. The summed E-state index contributed by atoms with van der Waals surface area (Å²) in [6, 6.07) is 13.2. The van der Waals surface area contributed by atoms with Crippen molar-refractivity contribution in [3.05, 3.63) is 70.8 Å². The largest absolute Gasteiger partial charge is 0.339 e. The minimum atomic E-state index is -0.294. The fourth-order valence-electron chi connectivity index (χ4n) is 3.31. The Morgan fingerprint density at radius 2 is 1.89 bits per heavy atom. The molecule has 2 heterocycles. The molecule has 0 aliphatic carbocycles. The third-order valence-electron chi connectivity index (χ3n) is 4.87. The first-order valence-electron chi connectivity index (χ1n) is 8.66. The van der Waals surface area contributed by atoms with Gasteiger partial charge in [-0.1, -0.05) is 28.9 Å². The molecule has 0 bridgehead atoms. The summed E-state index contributed by atoms with van der Waals surface area (Å²) in [5, 5.41) is 4.66. The van der Waals surface area contributed by atoms with Gasteiger partial charge in [0.05, 0.1) is 12.0 Å². The molecule has 0 radical (unpaired) electrons. The quantitative estimate of drug-likeness (QED) is 0.658. The van der Waals surface area contributed by atoms with E-state index in [1.54, 1.807) is 29.2 Å². The van der Waals surface area contributed by atoms with Gasteiger partial charge in [0.15, 0.2) is 0 Å². The van der Waals surface area contributed by atoms with Crippen molar-refractivity contribution >= 4 is 17.5 Å². The van der Waals surface area contributed by atoms with Crippen LogP contribution in [0.4, 0.5) is 4.39 Å². The van der Waals surface area contributed by atoms with Crippen LogP contribution in [0.25, 0.3) is 11.4 Å². The Morgan fingerprint density at radius 1 is 1.19 bits per heavy atom. The molecule has 5 nitrogen and oxygen atoms in total. The zero-order valence-electron chi connectivity index (χ0n) is 14.6. The minimum Gasteiger partial charge on any atom is -0.339 e. The van der Waals surface area contributed by atoms with Crippen LogP contribution in [-0.2, 0) is 4.79 Å². The van der Waals surface area contributed by atoms with Gasteiger partial charge >= 0.3 is 0 Å². The molecule has 1 amide bonds. The number of benzene rings is 2. The van der Waals surface area contributed by atoms with Gasteiger partial charge in [0.25, 0.3) is 0 Å². The Kier molecular flexibility index (Phi) is 4.66. The van der Waals surface area contributed by atoms with Gasteiger partial charge in [-0.05, 0) is 48.9 Å². The van der Waals surface area contributed by atoms with Crippen molar-refractivity contribution in [2.24, 2.45) is 0 Å². The predicted molar refractivity (Wildman–Crippen MR) is 98.6 cm³/mol. The van der Waals surface area contributed by atoms with E-state index in [-0.39, 0.29) is 23.7 Å². The lowest BCUT2D eigenvalue weighted by Gasteiger charge is -2.25. The number of halogens is 2. The van der Waals surface area contributed by atoms with Gasteiger partial charge in [-0.2, -0.15) is 4.98 Å². The normalized spacial score (nSPS) is 18.1. The van der Waals surface area contributed by atoms with Crippen molar-refractivity contribution in [2.75, 3.05) is 6.54 Å². The Balaban J connectivity index is 1.50. The zero-order chi connectivity index (χ0) is 19.0. The fourth-order valence-corrected chi connectivity index (χ4v) is 3.44. The molecule has 27 heavy (non-hydrogen) atoms. The Morgan fingerprint density at radius 3 is 2.59 bits per heavy atom. The van der Waals surface area contributed by atoms with Crippen LogP contribution in [0.15, 0.2) is 53.1 Å². The van der Waals surface area contributed by atoms with Crippen LogP contribution in [0, 0.1) is 5.82 Å². The minimum absolute atomic E-state index is 0.0167. The molecule has 0 spiro atoms. The van der Waals surface area contributed by atoms with Crippen LogP contribution in [0.5, 0.6) is 0 Å². The van der Waals surface area contributed by atoms with Crippen molar-refractivity contribution in [3.8, 4) is 11.4 Å². The highest BCUT2D eigenvalue weighted by atomic mass is 35.5. The molecule has 4 rings (SSSR count). The average molecular weight is 386 g/mol. The van der Waals surface area contributed by atoms with Crippen LogP contribution in [0.2, 0.25) is 5.02 Å². The predicted octanol–water partition coefficient (Wildman–Crippen LogP) is 4.61. The van der Waals surface area contributed by atoms with E-state index in [1.807, 2.05) is 19.1 Å². The lowest BCUT2D eigenvalue weighted by atomic mass is 10.1. The first kappa shape index (κ1) is 17.7. The van der Waals surface area contributed by atoms with E-state index in [0.717, 1.165) is 11.1 Å². The van der Waals surface area contributed by atoms with Crippen molar-refractivity contribution < 1.29 is 13.7 Å². The van der Waals surface area contributed by atoms with Crippen molar-refractivity contribution in [2.45, 2.75) is 25.3 Å². The van der Waals surface area contributed by atoms with Crippen molar-refractivity contribution in [3.63, 3.8) is 0 Å². The number of amides is 1. The molecule has 2 unspecified atom stereocenters. The fraction of sp³-hybridized carbons (Fsp3) is 0.250. The van der Waals surface area contributed by atoms with Crippen LogP contribution in [-0.4, -0.2) is 27.5 Å². The van der Waals surface area contributed by atoms with Gasteiger partial charge in [-0.3, -0.25) is 4.79 Å². The van der Waals surface area contributed by atoms with E-state index in [9.17, 15) is 9.18 Å². The SMILES string of the molecule is CC(c1ccc(F)cc1)N1CC(c2nc(-c3ccc(Cl)cc3)no2)CC1=O. The molecule has 1 saturated heterocycles. The van der Waals surface area contributed by atoms with Crippen LogP contribution in [0.3, 0.4) is 0 Å². The highest BCUT2D eigenvalue weighted by Gasteiger charge is 2.37. The van der Waals surface area contributed by atoms with Gasteiger partial charge < -0.3 is 9.42 Å². The lowest BCUT2D eigenvalue weighted by Crippen LogP contribution is -2.28. The van der Waals surface area contributed by atoms with Gasteiger partial charge in [0, 0.05) is 23.6 Å². The summed E-state index contributed by atoms with van der Waals surface area (Å²) in [6.07, 6.45) is 0.313. The Hall–Kier alpha value is -2.73. The first-order chi connectivity index (χ1) is 13.0. The second-order valence-corrected chi connectivity index (χ2v) is 7.07. The van der Waals surface area contributed by atoms with E-state index in [1.165, 1.54) is 12.1 Å². The summed E-state index contributed by atoms with van der Waals surface area (Å²) in [6.45, 7) is 2.42. The van der Waals surface area contributed by atoms with E-state index >= 15 is 0 Å². The third-order valence-corrected chi connectivity index (χ3v) is 5.12. The second-order valence-electron chi connectivity index (χ2n) is 6.64. The number of nitrogens with zero attached hydrogens (tertiary/aromatic N) is 3. The molecule has 7 heteroatoms. The number of hydrogen-bond acceptors (Lipinski definition) is 4. The van der Waals surface area contributed by atoms with Crippen LogP contribution in [0.1, 0.15) is 36.8 Å². The first-order valence-corrected chi connectivity index (χ1v) is 9.03. The molecule has 0 N–H and O–H groups in total. The molecule has 1 fully saturated rings. The molecular weight excluding hydrogens is 369 g/mol. The summed E-state index contributed by atoms with van der Waals surface area (Å²) < 4.78 is 18.5. The Labute approximate surface area is 160 Å². The van der Waals surface area contributed by atoms with Crippen LogP contribution < -0.4 is 0 Å². The Bertz CT molecular complexity index is 956. The molecule has 1 aliphatic heterocycles. The summed E-state index contributed by atoms with van der Waals surface area (Å²) in [4.78, 5) is 18.7. The molecule has 138 valence electrons. The molecule has 2 atom stereocenters. The lowest BCUT2D eigenvalue weighted by molar-refractivity contribution is -0.129. The summed E-state index contributed by atoms with van der Waals surface area (Å²) >= 11 is 5.90. The van der Waals surface area contributed by atoms with Crippen molar-refractivity contribution in [1.82, 2.24) is 15.0 Å². The third kappa shape index (κ3) is 3.57. The summed E-state index contributed by atoms with van der Waals surface area (Å²) in [5.74, 6) is 0.482. The smallest absolute Gasteiger partial charge is 0.232 e. The van der Waals surface area contributed by atoms with Gasteiger partial charge in [0.1, 0.15) is 5.82 Å². The van der Waals surface area contributed by atoms with E-state index in [4.69, 9.17) is 16.1 Å². The van der Waals surface area contributed by atoms with E-state index < -0.39 is 0 Å². The van der Waals surface area contributed by atoms with Gasteiger partial charge in [-0.15, -0.1) is 0 Å². The number of likely N-dealkylation sites (tertiary alicyclic amines) is 1. The van der Waals surface area contributed by atoms with E-state index in [0.29, 0.717) is 29.7 Å². The summed E-state index contributed by atoms with van der Waals surface area (Å²) in [5.41, 5.74) is 1.69. The maximum atomic E-state index is 13.1. The molecular formula is C20H17ClFN3O2. The number of rotatable bonds is 4. The molecule has 1 aliphatic rings. The molecule has 3 aromatic rings. The molecule has 1 aromatic heterocycles. The maximum Gasteiger partial charge on any atom is 0.232 e. The van der Waals surface area contributed by atoms with Crippen LogP contribution >= 0.6 is 11.6 Å². The number of aromatic nitrogens is 2. The van der Waals surface area contributed by atoms with E-state index in [2.05, 4.69) is 10.1 Å². The highest BCUT2D eigenvalue weighted by molar-refractivity contribution is 6.30. The molecule has 0 saturated carbocycles. The monoisotopic (exact) mass is 385 g/mol. The number of hydrogen-bond donors (Lipinski definition) is 0. The molecule has 2 aromatic carbocycles. The zero-order valence-corrected chi connectivity index (χ0v) is 15.4. The van der Waals surface area contributed by atoms with Gasteiger partial charge in [0.2, 0.25) is 17.6 Å². The average Bonchev–Trinajstić information content (AvgIpc) is 3.29. The number of carbonyl (C=O) groups excluding carboxylic acids is 1.